The van der Waals surface area contributed by atoms with Gasteiger partial charge in [0.15, 0.2) is 0 Å². The van der Waals surface area contributed by atoms with Gasteiger partial charge in [-0.05, 0) is 0 Å². The van der Waals surface area contributed by atoms with Crippen LogP contribution in [0.25, 0.3) is 0 Å². The number of carboxylic acid groups (broad SMARTS) is 1. The first-order valence-electron chi connectivity index (χ1n) is 6.24. The van der Waals surface area contributed by atoms with E-state index in [1.165, 1.54) is 18.8 Å². The average Bonchev–Trinajstić information content (AvgIpc) is 2.83. The van der Waals surface area contributed by atoms with Gasteiger partial charge in [0.2, 0.25) is 0 Å². The zero-order chi connectivity index (χ0) is 14.9. The standard InChI is InChI=1S/C11H18N2O6S/c1-13(11(17)18)3-2-6-12-7-9(16)8(15)5(4-14)19-10(7)20-6/h5,7-10,14-16H,2-4H2,1H3,(H,17,18)/t5-,7-,8-,9-,10-/m1/s1. The van der Waals surface area contributed by atoms with Crippen molar-refractivity contribution in [1.29, 1.82) is 0 Å². The maximum absolute atomic E-state index is 10.7. The van der Waals surface area contributed by atoms with Crippen molar-refractivity contribution in [2.45, 2.75) is 36.2 Å². The Hall–Kier alpha value is -0.870. The minimum absolute atomic E-state index is 0.294. The lowest BCUT2D eigenvalue weighted by Gasteiger charge is -2.37. The minimum atomic E-state index is -1.17. The third kappa shape index (κ3) is 3.07. The molecule has 20 heavy (non-hydrogen) atoms. The second-order valence-corrected chi connectivity index (χ2v) is 5.96. The van der Waals surface area contributed by atoms with Crippen molar-refractivity contribution in [3.63, 3.8) is 0 Å². The molecule has 2 heterocycles. The summed E-state index contributed by atoms with van der Waals surface area (Å²) in [6.07, 6.45) is -3.68. The van der Waals surface area contributed by atoms with E-state index in [0.717, 1.165) is 4.90 Å². The summed E-state index contributed by atoms with van der Waals surface area (Å²) < 4.78 is 5.49. The van der Waals surface area contributed by atoms with Crippen LogP contribution in [0.4, 0.5) is 4.79 Å². The Balaban J connectivity index is 1.95. The van der Waals surface area contributed by atoms with E-state index >= 15 is 0 Å². The minimum Gasteiger partial charge on any atom is -0.465 e. The number of carbonyl (C=O) groups is 1. The van der Waals surface area contributed by atoms with E-state index in [9.17, 15) is 15.0 Å². The van der Waals surface area contributed by atoms with Crippen molar-refractivity contribution in [3.05, 3.63) is 0 Å². The number of hydrogen-bond donors (Lipinski definition) is 4. The molecule has 2 aliphatic heterocycles. The third-order valence-electron chi connectivity index (χ3n) is 3.38. The number of aliphatic hydroxyl groups excluding tert-OH is 3. The predicted molar refractivity (Wildman–Crippen MR) is 71.8 cm³/mol. The number of thioether (sulfide) groups is 1. The van der Waals surface area contributed by atoms with Crippen LogP contribution in [0.1, 0.15) is 6.42 Å². The van der Waals surface area contributed by atoms with Crippen LogP contribution in [0.5, 0.6) is 0 Å². The van der Waals surface area contributed by atoms with Crippen molar-refractivity contribution in [1.82, 2.24) is 4.90 Å². The Kier molecular flexibility index (Phi) is 4.86. The number of aliphatic imine (C=N–C) groups is 1. The summed E-state index contributed by atoms with van der Waals surface area (Å²) in [6, 6.07) is -0.581. The Morgan fingerprint density at radius 3 is 2.75 bits per heavy atom. The van der Waals surface area contributed by atoms with Crippen molar-refractivity contribution in [2.24, 2.45) is 4.99 Å². The molecule has 0 spiro atoms. The Bertz CT molecular complexity index is 406. The molecule has 0 bridgehead atoms. The van der Waals surface area contributed by atoms with E-state index < -0.39 is 35.9 Å². The lowest BCUT2D eigenvalue weighted by molar-refractivity contribution is -0.164. The van der Waals surface area contributed by atoms with Crippen LogP contribution >= 0.6 is 11.8 Å². The molecule has 0 radical (unpaired) electrons. The van der Waals surface area contributed by atoms with Gasteiger partial charge in [-0.2, -0.15) is 0 Å². The highest BCUT2D eigenvalue weighted by atomic mass is 32.2. The van der Waals surface area contributed by atoms with Gasteiger partial charge in [0.05, 0.1) is 11.7 Å². The predicted octanol–water partition coefficient (Wildman–Crippen LogP) is -1.06. The van der Waals surface area contributed by atoms with Crippen LogP contribution in [0.15, 0.2) is 4.99 Å². The van der Waals surface area contributed by atoms with E-state index in [1.807, 2.05) is 0 Å². The first-order valence-corrected chi connectivity index (χ1v) is 7.12. The quantitative estimate of drug-likeness (QED) is 0.522. The molecule has 0 aliphatic carbocycles. The van der Waals surface area contributed by atoms with E-state index in [0.29, 0.717) is 18.0 Å². The molecule has 1 fully saturated rings. The van der Waals surface area contributed by atoms with E-state index in [4.69, 9.17) is 14.9 Å². The SMILES string of the molecule is CN(CCC1=N[C@@H]2[C@@H](O)[C@H](O)[C@@H](CO)O[C@@H]2S1)C(=O)O. The molecule has 0 unspecified atom stereocenters. The molecule has 1 saturated heterocycles. The normalized spacial score (nSPS) is 36.4. The molecule has 8 nitrogen and oxygen atoms in total. The first kappa shape index (κ1) is 15.5. The van der Waals surface area contributed by atoms with Crippen LogP contribution < -0.4 is 0 Å². The first-order chi connectivity index (χ1) is 9.43. The Morgan fingerprint density at radius 1 is 1.45 bits per heavy atom. The largest absolute Gasteiger partial charge is 0.465 e. The van der Waals surface area contributed by atoms with Crippen LogP contribution in [-0.4, -0.2) is 86.5 Å². The molecule has 5 atom stereocenters. The molecule has 0 aromatic heterocycles. The zero-order valence-corrected chi connectivity index (χ0v) is 11.7. The maximum Gasteiger partial charge on any atom is 0.407 e. The fourth-order valence-corrected chi connectivity index (χ4v) is 3.33. The van der Waals surface area contributed by atoms with Crippen molar-refractivity contribution in [3.8, 4) is 0 Å². The second-order valence-electron chi connectivity index (χ2n) is 4.79. The second kappa shape index (κ2) is 6.27. The summed E-state index contributed by atoms with van der Waals surface area (Å²) in [5.74, 6) is 0. The molecule has 0 saturated carbocycles. The molecule has 0 aromatic rings. The summed E-state index contributed by atoms with van der Waals surface area (Å²) in [6.45, 7) is -0.0816. The summed E-state index contributed by atoms with van der Waals surface area (Å²) >= 11 is 1.30. The maximum atomic E-state index is 10.7. The van der Waals surface area contributed by atoms with Gasteiger partial charge in [0.25, 0.3) is 0 Å². The molecule has 2 aliphatic rings. The van der Waals surface area contributed by atoms with Gasteiger partial charge in [0.1, 0.15) is 29.8 Å². The van der Waals surface area contributed by atoms with E-state index in [1.54, 1.807) is 0 Å². The van der Waals surface area contributed by atoms with Gasteiger partial charge in [-0.1, -0.05) is 11.8 Å². The van der Waals surface area contributed by atoms with Gasteiger partial charge in [-0.3, -0.25) is 4.99 Å². The fraction of sp³-hybridized carbons (Fsp3) is 0.818. The average molecular weight is 306 g/mol. The van der Waals surface area contributed by atoms with Crippen molar-refractivity contribution >= 4 is 22.9 Å². The van der Waals surface area contributed by atoms with Gasteiger partial charge in [-0.15, -0.1) is 0 Å². The topological polar surface area (TPSA) is 123 Å². The summed E-state index contributed by atoms with van der Waals surface area (Å²) in [7, 11) is 1.46. The number of hydrogen-bond acceptors (Lipinski definition) is 7. The summed E-state index contributed by atoms with van der Waals surface area (Å²) in [4.78, 5) is 16.1. The Labute approximate surface area is 120 Å². The van der Waals surface area contributed by atoms with E-state index in [-0.39, 0.29) is 6.61 Å². The lowest BCUT2D eigenvalue weighted by Crippen LogP contribution is -2.55. The Morgan fingerprint density at radius 2 is 2.15 bits per heavy atom. The summed E-state index contributed by atoms with van der Waals surface area (Å²) in [5.41, 5.74) is -0.448. The van der Waals surface area contributed by atoms with Crippen molar-refractivity contribution in [2.75, 3.05) is 20.2 Å². The van der Waals surface area contributed by atoms with E-state index in [2.05, 4.69) is 4.99 Å². The highest BCUT2D eigenvalue weighted by molar-refractivity contribution is 8.14. The monoisotopic (exact) mass is 306 g/mol. The number of rotatable bonds is 4. The smallest absolute Gasteiger partial charge is 0.407 e. The number of nitrogens with zero attached hydrogens (tertiary/aromatic N) is 2. The molecular weight excluding hydrogens is 288 g/mol. The molecular formula is C11H18N2O6S. The van der Waals surface area contributed by atoms with Gasteiger partial charge < -0.3 is 30.1 Å². The fourth-order valence-electron chi connectivity index (χ4n) is 2.12. The third-order valence-corrected chi connectivity index (χ3v) is 4.59. The molecule has 4 N–H and O–H groups in total. The zero-order valence-electron chi connectivity index (χ0n) is 10.9. The van der Waals surface area contributed by atoms with Crippen LogP contribution in [-0.2, 0) is 4.74 Å². The van der Waals surface area contributed by atoms with Gasteiger partial charge in [0, 0.05) is 20.0 Å². The number of ether oxygens (including phenoxy) is 1. The lowest BCUT2D eigenvalue weighted by atomic mass is 9.99. The molecule has 0 aromatic carbocycles. The number of fused-ring (bicyclic) bond motifs is 1. The molecule has 2 rings (SSSR count). The number of aliphatic hydroxyl groups is 3. The highest BCUT2D eigenvalue weighted by Gasteiger charge is 2.47. The van der Waals surface area contributed by atoms with Crippen LogP contribution in [0.3, 0.4) is 0 Å². The van der Waals surface area contributed by atoms with Gasteiger partial charge in [-0.25, -0.2) is 4.79 Å². The highest BCUT2D eigenvalue weighted by Crippen LogP contribution is 2.37. The molecule has 114 valence electrons. The summed E-state index contributed by atoms with van der Waals surface area (Å²) in [5, 5.41) is 38.3. The van der Waals surface area contributed by atoms with Crippen LogP contribution in [0.2, 0.25) is 0 Å². The molecule has 9 heteroatoms. The van der Waals surface area contributed by atoms with Gasteiger partial charge >= 0.3 is 6.09 Å². The van der Waals surface area contributed by atoms with Crippen molar-refractivity contribution < 1.29 is 30.0 Å². The number of amides is 1. The van der Waals surface area contributed by atoms with Crippen LogP contribution in [0, 0.1) is 0 Å². The molecule has 1 amide bonds.